The van der Waals surface area contributed by atoms with E-state index >= 15 is 0 Å². The molecular formula is C10H12ClN. The smallest absolute Gasteiger partial charge is 0.129 e. The molecule has 0 unspecified atom stereocenters. The van der Waals surface area contributed by atoms with Crippen LogP contribution in [0.1, 0.15) is 25.8 Å². The Kier molecular flexibility index (Phi) is 3.30. The molecule has 0 aliphatic carbocycles. The highest BCUT2D eigenvalue weighted by atomic mass is 35.5. The number of halogens is 1. The molecule has 0 aromatic carbocycles. The first-order valence-electron chi connectivity index (χ1n) is 4.02. The molecule has 0 atom stereocenters. The van der Waals surface area contributed by atoms with E-state index in [0.717, 1.165) is 12.0 Å². The first kappa shape index (κ1) is 9.27. The van der Waals surface area contributed by atoms with Crippen LogP contribution in [0.5, 0.6) is 0 Å². The van der Waals surface area contributed by atoms with Crippen LogP contribution in [0.2, 0.25) is 5.15 Å². The summed E-state index contributed by atoms with van der Waals surface area (Å²) in [6.45, 7) is 4.20. The zero-order valence-electron chi connectivity index (χ0n) is 7.34. The van der Waals surface area contributed by atoms with Gasteiger partial charge >= 0.3 is 0 Å². The fourth-order valence-electron chi connectivity index (χ4n) is 1.07. The van der Waals surface area contributed by atoms with E-state index in [2.05, 4.69) is 24.9 Å². The SMILES string of the molecule is CC/C=C(/C)c1ccnc(Cl)c1. The van der Waals surface area contributed by atoms with Crippen molar-refractivity contribution < 1.29 is 0 Å². The van der Waals surface area contributed by atoms with Gasteiger partial charge in [-0.15, -0.1) is 0 Å². The minimum Gasteiger partial charge on any atom is -0.245 e. The minimum atomic E-state index is 0.552. The van der Waals surface area contributed by atoms with Crippen molar-refractivity contribution in [1.82, 2.24) is 4.98 Å². The van der Waals surface area contributed by atoms with Gasteiger partial charge in [-0.05, 0) is 36.6 Å². The van der Waals surface area contributed by atoms with Crippen LogP contribution in [-0.2, 0) is 0 Å². The predicted octanol–water partition coefficient (Wildman–Crippen LogP) is 3.55. The summed E-state index contributed by atoms with van der Waals surface area (Å²) in [7, 11) is 0. The van der Waals surface area contributed by atoms with Crippen molar-refractivity contribution in [2.24, 2.45) is 0 Å². The Balaban J connectivity index is 2.95. The molecule has 12 heavy (non-hydrogen) atoms. The summed E-state index contributed by atoms with van der Waals surface area (Å²) in [4.78, 5) is 3.92. The lowest BCUT2D eigenvalue weighted by Crippen LogP contribution is -1.81. The molecule has 0 bridgehead atoms. The first-order chi connectivity index (χ1) is 5.74. The van der Waals surface area contributed by atoms with Crippen LogP contribution < -0.4 is 0 Å². The first-order valence-corrected chi connectivity index (χ1v) is 4.40. The van der Waals surface area contributed by atoms with Gasteiger partial charge in [0.2, 0.25) is 0 Å². The van der Waals surface area contributed by atoms with Crippen LogP contribution in [0.15, 0.2) is 24.4 Å². The highest BCUT2D eigenvalue weighted by molar-refractivity contribution is 6.29. The molecule has 1 nitrogen and oxygen atoms in total. The maximum Gasteiger partial charge on any atom is 0.129 e. The van der Waals surface area contributed by atoms with E-state index in [9.17, 15) is 0 Å². The number of pyridine rings is 1. The standard InChI is InChI=1S/C10H12ClN/c1-3-4-8(2)9-5-6-12-10(11)7-9/h4-7H,3H2,1-2H3/b8-4-. The Bertz CT molecular complexity index is 292. The largest absolute Gasteiger partial charge is 0.245 e. The molecule has 1 rings (SSSR count). The summed E-state index contributed by atoms with van der Waals surface area (Å²) in [6.07, 6.45) is 4.95. The van der Waals surface area contributed by atoms with Crippen LogP contribution >= 0.6 is 11.6 Å². The van der Waals surface area contributed by atoms with Crippen molar-refractivity contribution in [3.05, 3.63) is 35.1 Å². The molecule has 0 amide bonds. The van der Waals surface area contributed by atoms with Crippen LogP contribution in [0.4, 0.5) is 0 Å². The molecule has 0 spiro atoms. The fraction of sp³-hybridized carbons (Fsp3) is 0.300. The highest BCUT2D eigenvalue weighted by Gasteiger charge is 1.95. The lowest BCUT2D eigenvalue weighted by atomic mass is 10.1. The molecule has 0 aliphatic rings. The van der Waals surface area contributed by atoms with Crippen molar-refractivity contribution in [2.45, 2.75) is 20.3 Å². The Morgan fingerprint density at radius 3 is 3.00 bits per heavy atom. The maximum atomic E-state index is 5.75. The average molecular weight is 182 g/mol. The van der Waals surface area contributed by atoms with Gasteiger partial charge in [0, 0.05) is 6.20 Å². The number of allylic oxidation sites excluding steroid dienone is 2. The van der Waals surface area contributed by atoms with Crippen LogP contribution in [0.25, 0.3) is 5.57 Å². The number of rotatable bonds is 2. The zero-order valence-corrected chi connectivity index (χ0v) is 8.10. The molecule has 0 saturated carbocycles. The van der Waals surface area contributed by atoms with E-state index in [1.165, 1.54) is 5.57 Å². The summed E-state index contributed by atoms with van der Waals surface area (Å²) in [5, 5.41) is 0.552. The van der Waals surface area contributed by atoms with Crippen molar-refractivity contribution in [2.75, 3.05) is 0 Å². The van der Waals surface area contributed by atoms with Crippen LogP contribution in [-0.4, -0.2) is 4.98 Å². The van der Waals surface area contributed by atoms with Crippen LogP contribution in [0.3, 0.4) is 0 Å². The summed E-state index contributed by atoms with van der Waals surface area (Å²) in [6, 6.07) is 3.84. The number of hydrogen-bond donors (Lipinski definition) is 0. The van der Waals surface area contributed by atoms with Crippen molar-refractivity contribution >= 4 is 17.2 Å². The van der Waals surface area contributed by atoms with Gasteiger partial charge in [-0.25, -0.2) is 4.98 Å². The molecule has 1 aromatic heterocycles. The van der Waals surface area contributed by atoms with E-state index in [1.54, 1.807) is 6.20 Å². The van der Waals surface area contributed by atoms with Gasteiger partial charge in [0.05, 0.1) is 0 Å². The van der Waals surface area contributed by atoms with E-state index in [0.29, 0.717) is 5.15 Å². The molecule has 0 N–H and O–H groups in total. The molecule has 0 aliphatic heterocycles. The number of nitrogens with zero attached hydrogens (tertiary/aromatic N) is 1. The third-order valence-electron chi connectivity index (χ3n) is 1.69. The van der Waals surface area contributed by atoms with Crippen molar-refractivity contribution in [3.8, 4) is 0 Å². The third-order valence-corrected chi connectivity index (χ3v) is 1.90. The maximum absolute atomic E-state index is 5.75. The average Bonchev–Trinajstić information content (AvgIpc) is 2.05. The molecule has 0 saturated heterocycles. The van der Waals surface area contributed by atoms with Gasteiger partial charge in [0.1, 0.15) is 5.15 Å². The predicted molar refractivity (Wildman–Crippen MR) is 53.2 cm³/mol. The van der Waals surface area contributed by atoms with Gasteiger partial charge < -0.3 is 0 Å². The second-order valence-corrected chi connectivity index (χ2v) is 3.05. The zero-order chi connectivity index (χ0) is 8.97. The van der Waals surface area contributed by atoms with Gasteiger partial charge in [0.25, 0.3) is 0 Å². The van der Waals surface area contributed by atoms with Gasteiger partial charge in [-0.3, -0.25) is 0 Å². The third kappa shape index (κ3) is 2.35. The lowest BCUT2D eigenvalue weighted by molar-refractivity contribution is 1.22. The molecular weight excluding hydrogens is 170 g/mol. The highest BCUT2D eigenvalue weighted by Crippen LogP contribution is 2.16. The van der Waals surface area contributed by atoms with E-state index in [-0.39, 0.29) is 0 Å². The monoisotopic (exact) mass is 181 g/mol. The number of aromatic nitrogens is 1. The molecule has 0 radical (unpaired) electrons. The van der Waals surface area contributed by atoms with Crippen molar-refractivity contribution in [1.29, 1.82) is 0 Å². The summed E-state index contributed by atoms with van der Waals surface area (Å²) in [5.74, 6) is 0. The number of hydrogen-bond acceptors (Lipinski definition) is 1. The second kappa shape index (κ2) is 4.27. The summed E-state index contributed by atoms with van der Waals surface area (Å²) in [5.41, 5.74) is 2.40. The van der Waals surface area contributed by atoms with E-state index in [1.807, 2.05) is 12.1 Å². The summed E-state index contributed by atoms with van der Waals surface area (Å²) < 4.78 is 0. The van der Waals surface area contributed by atoms with Gasteiger partial charge in [-0.1, -0.05) is 24.6 Å². The Hall–Kier alpha value is -0.820. The molecule has 2 heteroatoms. The molecule has 64 valence electrons. The topological polar surface area (TPSA) is 12.9 Å². The minimum absolute atomic E-state index is 0.552. The normalized spacial score (nSPS) is 11.8. The van der Waals surface area contributed by atoms with E-state index in [4.69, 9.17) is 11.6 Å². The summed E-state index contributed by atoms with van der Waals surface area (Å²) >= 11 is 5.75. The fourth-order valence-corrected chi connectivity index (χ4v) is 1.25. The molecule has 0 fully saturated rings. The quantitative estimate of drug-likeness (QED) is 0.636. The molecule has 1 heterocycles. The Labute approximate surface area is 78.1 Å². The Morgan fingerprint density at radius 2 is 2.42 bits per heavy atom. The lowest BCUT2D eigenvalue weighted by Gasteiger charge is -2.00. The van der Waals surface area contributed by atoms with E-state index < -0.39 is 0 Å². The Morgan fingerprint density at radius 1 is 1.67 bits per heavy atom. The van der Waals surface area contributed by atoms with Gasteiger partial charge in [0.15, 0.2) is 0 Å². The van der Waals surface area contributed by atoms with Crippen molar-refractivity contribution in [3.63, 3.8) is 0 Å². The molecule has 1 aromatic rings. The second-order valence-electron chi connectivity index (χ2n) is 2.66. The van der Waals surface area contributed by atoms with Gasteiger partial charge in [-0.2, -0.15) is 0 Å². The van der Waals surface area contributed by atoms with Crippen LogP contribution in [0, 0.1) is 0 Å².